The zero-order valence-corrected chi connectivity index (χ0v) is 10.3. The summed E-state index contributed by atoms with van der Waals surface area (Å²) in [6.45, 7) is 3.75. The second kappa shape index (κ2) is 5.90. The third-order valence-electron chi connectivity index (χ3n) is 2.47. The molecular formula is C13H16N2O2. The highest BCUT2D eigenvalue weighted by molar-refractivity contribution is 5.97. The number of nitriles is 1. The van der Waals surface area contributed by atoms with Gasteiger partial charge < -0.3 is 10.1 Å². The predicted octanol–water partition coefficient (Wildman–Crippen LogP) is 2.04. The van der Waals surface area contributed by atoms with Gasteiger partial charge in [-0.3, -0.25) is 4.79 Å². The van der Waals surface area contributed by atoms with E-state index in [4.69, 9.17) is 10.00 Å². The Hall–Kier alpha value is -2.02. The molecule has 4 nitrogen and oxygen atoms in total. The van der Waals surface area contributed by atoms with E-state index < -0.39 is 6.04 Å². The molecule has 0 aromatic heterocycles. The summed E-state index contributed by atoms with van der Waals surface area (Å²) in [5.41, 5.74) is 1.43. The molecule has 4 heteroatoms. The maximum atomic E-state index is 12.0. The van der Waals surface area contributed by atoms with Gasteiger partial charge in [0.1, 0.15) is 11.8 Å². The maximum absolute atomic E-state index is 12.0. The van der Waals surface area contributed by atoms with E-state index in [2.05, 4.69) is 5.32 Å². The minimum atomic E-state index is -0.465. The zero-order valence-electron chi connectivity index (χ0n) is 10.3. The van der Waals surface area contributed by atoms with Crippen LogP contribution < -0.4 is 10.1 Å². The second-order valence-electron chi connectivity index (χ2n) is 3.77. The summed E-state index contributed by atoms with van der Waals surface area (Å²) >= 11 is 0. The summed E-state index contributed by atoms with van der Waals surface area (Å²) in [4.78, 5) is 12.0. The SMILES string of the molecule is CCC(C#N)NC(=O)c1cc(C)ccc1OC. The van der Waals surface area contributed by atoms with Crippen molar-refractivity contribution in [2.24, 2.45) is 0 Å². The van der Waals surface area contributed by atoms with Gasteiger partial charge in [-0.15, -0.1) is 0 Å². The fourth-order valence-electron chi connectivity index (χ4n) is 1.46. The van der Waals surface area contributed by atoms with E-state index in [9.17, 15) is 4.79 Å². The van der Waals surface area contributed by atoms with Crippen molar-refractivity contribution in [3.05, 3.63) is 29.3 Å². The summed E-state index contributed by atoms with van der Waals surface area (Å²) < 4.78 is 5.13. The van der Waals surface area contributed by atoms with Crippen LogP contribution in [0.4, 0.5) is 0 Å². The van der Waals surface area contributed by atoms with Gasteiger partial charge in [0.25, 0.3) is 5.91 Å². The van der Waals surface area contributed by atoms with E-state index in [0.29, 0.717) is 17.7 Å². The molecule has 1 N–H and O–H groups in total. The number of benzene rings is 1. The Bertz CT molecular complexity index is 449. The Morgan fingerprint density at radius 1 is 1.59 bits per heavy atom. The first-order valence-electron chi connectivity index (χ1n) is 5.47. The summed E-state index contributed by atoms with van der Waals surface area (Å²) in [7, 11) is 1.52. The number of rotatable bonds is 4. The standard InChI is InChI=1S/C13H16N2O2/c1-4-10(8-14)15-13(16)11-7-9(2)5-6-12(11)17-3/h5-7,10H,4H2,1-3H3,(H,15,16). The first-order valence-corrected chi connectivity index (χ1v) is 5.47. The van der Waals surface area contributed by atoms with Crippen molar-refractivity contribution >= 4 is 5.91 Å². The molecule has 0 saturated heterocycles. The highest BCUT2D eigenvalue weighted by atomic mass is 16.5. The number of hydrogen-bond donors (Lipinski definition) is 1. The molecule has 90 valence electrons. The first kappa shape index (κ1) is 13.0. The van der Waals surface area contributed by atoms with Gasteiger partial charge in [0.05, 0.1) is 18.7 Å². The van der Waals surface area contributed by atoms with Crippen LogP contribution >= 0.6 is 0 Å². The van der Waals surface area contributed by atoms with Gasteiger partial charge >= 0.3 is 0 Å². The lowest BCUT2D eigenvalue weighted by Gasteiger charge is -2.12. The quantitative estimate of drug-likeness (QED) is 0.864. The van der Waals surface area contributed by atoms with E-state index in [0.717, 1.165) is 5.56 Å². The maximum Gasteiger partial charge on any atom is 0.256 e. The number of aryl methyl sites for hydroxylation is 1. The van der Waals surface area contributed by atoms with Crippen molar-refractivity contribution in [1.82, 2.24) is 5.32 Å². The highest BCUT2D eigenvalue weighted by Crippen LogP contribution is 2.19. The van der Waals surface area contributed by atoms with Gasteiger partial charge in [-0.25, -0.2) is 0 Å². The van der Waals surface area contributed by atoms with E-state index in [-0.39, 0.29) is 5.91 Å². The largest absolute Gasteiger partial charge is 0.496 e. The van der Waals surface area contributed by atoms with Gasteiger partial charge in [0.15, 0.2) is 0 Å². The Morgan fingerprint density at radius 3 is 2.82 bits per heavy atom. The van der Waals surface area contributed by atoms with Crippen LogP contribution in [-0.4, -0.2) is 19.1 Å². The van der Waals surface area contributed by atoms with Crippen LogP contribution in [0, 0.1) is 18.3 Å². The van der Waals surface area contributed by atoms with Crippen molar-refractivity contribution in [2.75, 3.05) is 7.11 Å². The van der Waals surface area contributed by atoms with Crippen LogP contribution in [0.5, 0.6) is 5.75 Å². The zero-order chi connectivity index (χ0) is 12.8. The molecule has 1 unspecified atom stereocenters. The number of nitrogens with one attached hydrogen (secondary N) is 1. The topological polar surface area (TPSA) is 62.1 Å². The van der Waals surface area contributed by atoms with Gasteiger partial charge in [-0.1, -0.05) is 18.6 Å². The number of amides is 1. The van der Waals surface area contributed by atoms with Gasteiger partial charge in [-0.05, 0) is 25.5 Å². The van der Waals surface area contributed by atoms with Crippen molar-refractivity contribution in [3.63, 3.8) is 0 Å². The van der Waals surface area contributed by atoms with Crippen molar-refractivity contribution in [3.8, 4) is 11.8 Å². The molecule has 1 amide bonds. The van der Waals surface area contributed by atoms with Crippen LogP contribution in [0.2, 0.25) is 0 Å². The highest BCUT2D eigenvalue weighted by Gasteiger charge is 2.15. The minimum Gasteiger partial charge on any atom is -0.496 e. The molecule has 1 aromatic rings. The van der Waals surface area contributed by atoms with Crippen LogP contribution in [0.1, 0.15) is 29.3 Å². The van der Waals surface area contributed by atoms with E-state index >= 15 is 0 Å². The summed E-state index contributed by atoms with van der Waals surface area (Å²) in [5, 5.41) is 11.5. The molecule has 0 bridgehead atoms. The van der Waals surface area contributed by atoms with Crippen molar-refractivity contribution < 1.29 is 9.53 Å². The smallest absolute Gasteiger partial charge is 0.256 e. The molecule has 0 aliphatic heterocycles. The van der Waals surface area contributed by atoms with E-state index in [1.165, 1.54) is 7.11 Å². The summed E-state index contributed by atoms with van der Waals surface area (Å²) in [5.74, 6) is 0.236. The molecule has 0 saturated carbocycles. The molecule has 0 heterocycles. The summed E-state index contributed by atoms with van der Waals surface area (Å²) in [6.07, 6.45) is 0.580. The third-order valence-corrected chi connectivity index (χ3v) is 2.47. The molecule has 1 atom stereocenters. The van der Waals surface area contributed by atoms with Crippen LogP contribution in [-0.2, 0) is 0 Å². The number of hydrogen-bond acceptors (Lipinski definition) is 3. The normalized spacial score (nSPS) is 11.4. The number of ether oxygens (including phenoxy) is 1. The Kier molecular flexibility index (Phi) is 4.53. The molecule has 0 aliphatic carbocycles. The van der Waals surface area contributed by atoms with E-state index in [1.54, 1.807) is 12.1 Å². The van der Waals surface area contributed by atoms with Crippen LogP contribution in [0.3, 0.4) is 0 Å². The molecular weight excluding hydrogens is 216 g/mol. The van der Waals surface area contributed by atoms with Crippen molar-refractivity contribution in [2.45, 2.75) is 26.3 Å². The average Bonchev–Trinajstić information content (AvgIpc) is 2.35. The number of carbonyl (C=O) groups is 1. The molecule has 0 spiro atoms. The van der Waals surface area contributed by atoms with Crippen molar-refractivity contribution in [1.29, 1.82) is 5.26 Å². The summed E-state index contributed by atoms with van der Waals surface area (Å²) in [6, 6.07) is 6.93. The number of methoxy groups -OCH3 is 1. The molecule has 0 radical (unpaired) electrons. The fourth-order valence-corrected chi connectivity index (χ4v) is 1.46. The number of nitrogens with zero attached hydrogens (tertiary/aromatic N) is 1. The molecule has 1 rings (SSSR count). The Balaban J connectivity index is 2.95. The molecule has 1 aromatic carbocycles. The lowest BCUT2D eigenvalue weighted by atomic mass is 10.1. The first-order chi connectivity index (χ1) is 8.12. The number of carbonyl (C=O) groups excluding carboxylic acids is 1. The Morgan fingerprint density at radius 2 is 2.29 bits per heavy atom. The average molecular weight is 232 g/mol. The van der Waals surface area contributed by atoms with Gasteiger partial charge in [0.2, 0.25) is 0 Å². The molecule has 17 heavy (non-hydrogen) atoms. The van der Waals surface area contributed by atoms with Gasteiger partial charge in [-0.2, -0.15) is 5.26 Å². The molecule has 0 aliphatic rings. The molecule has 0 fully saturated rings. The van der Waals surface area contributed by atoms with Crippen LogP contribution in [0.15, 0.2) is 18.2 Å². The third kappa shape index (κ3) is 3.22. The lowest BCUT2D eigenvalue weighted by Crippen LogP contribution is -2.33. The second-order valence-corrected chi connectivity index (χ2v) is 3.77. The monoisotopic (exact) mass is 232 g/mol. The van der Waals surface area contributed by atoms with Gasteiger partial charge in [0, 0.05) is 0 Å². The Labute approximate surface area is 101 Å². The fraction of sp³-hybridized carbons (Fsp3) is 0.385. The predicted molar refractivity (Wildman–Crippen MR) is 64.9 cm³/mol. The van der Waals surface area contributed by atoms with Crippen LogP contribution in [0.25, 0.3) is 0 Å². The minimum absolute atomic E-state index is 0.279. The lowest BCUT2D eigenvalue weighted by molar-refractivity contribution is 0.0941. The van der Waals surface area contributed by atoms with E-state index in [1.807, 2.05) is 26.0 Å².